The average molecular weight is 442 g/mol. The van der Waals surface area contributed by atoms with Crippen LogP contribution in [-0.4, -0.2) is 59.5 Å². The van der Waals surface area contributed by atoms with E-state index in [1.165, 1.54) is 0 Å². The number of nitrogens with zero attached hydrogens (tertiary/aromatic N) is 2. The fourth-order valence-corrected chi connectivity index (χ4v) is 4.15. The van der Waals surface area contributed by atoms with Gasteiger partial charge < -0.3 is 19.9 Å². The molecule has 162 valence electrons. The predicted octanol–water partition coefficient (Wildman–Crippen LogP) is 3.50. The highest BCUT2D eigenvalue weighted by molar-refractivity contribution is 6.31. The lowest BCUT2D eigenvalue weighted by atomic mass is 9.88. The average Bonchev–Trinajstić information content (AvgIpc) is 2.76. The number of ether oxygens (including phenoxy) is 1. The molecule has 1 atom stereocenters. The predicted molar refractivity (Wildman–Crippen MR) is 117 cm³/mol. The minimum Gasteiger partial charge on any atom is -0.445 e. The van der Waals surface area contributed by atoms with E-state index < -0.39 is 11.6 Å². The number of piperazine rings is 1. The molecule has 2 aliphatic rings. The van der Waals surface area contributed by atoms with Crippen molar-refractivity contribution in [1.82, 2.24) is 9.80 Å². The zero-order valence-electron chi connectivity index (χ0n) is 17.5. The monoisotopic (exact) mass is 441 g/mol. The third-order valence-electron chi connectivity index (χ3n) is 5.81. The summed E-state index contributed by atoms with van der Waals surface area (Å²) >= 11 is 6.12. The molecule has 0 bridgehead atoms. The minimum atomic E-state index is -1.24. The third kappa shape index (κ3) is 4.23. The molecule has 0 saturated carbocycles. The molecule has 2 aliphatic heterocycles. The summed E-state index contributed by atoms with van der Waals surface area (Å²) in [5.74, 6) is -0.715. The molecule has 2 aromatic carbocycles. The molecule has 0 aliphatic carbocycles. The van der Waals surface area contributed by atoms with Gasteiger partial charge >= 0.3 is 12.0 Å². The van der Waals surface area contributed by atoms with Crippen molar-refractivity contribution in [3.8, 4) is 0 Å². The van der Waals surface area contributed by atoms with Crippen molar-refractivity contribution in [3.63, 3.8) is 0 Å². The van der Waals surface area contributed by atoms with Gasteiger partial charge in [-0.05, 0) is 43.2 Å². The van der Waals surface area contributed by atoms with Crippen molar-refractivity contribution in [1.29, 1.82) is 0 Å². The van der Waals surface area contributed by atoms with Crippen molar-refractivity contribution < 1.29 is 19.1 Å². The second-order valence-electron chi connectivity index (χ2n) is 8.13. The zero-order chi connectivity index (χ0) is 22.2. The van der Waals surface area contributed by atoms with E-state index in [4.69, 9.17) is 16.3 Å². The number of urea groups is 1. The van der Waals surface area contributed by atoms with Gasteiger partial charge in [-0.3, -0.25) is 4.79 Å². The summed E-state index contributed by atoms with van der Waals surface area (Å²) < 4.78 is 5.55. The topological polar surface area (TPSA) is 79.0 Å². The van der Waals surface area contributed by atoms with E-state index in [0.717, 1.165) is 11.1 Å². The maximum atomic E-state index is 13.2. The van der Waals surface area contributed by atoms with Crippen LogP contribution in [0, 0.1) is 6.92 Å². The molecule has 1 saturated heterocycles. The Bertz CT molecular complexity index is 1050. The molecule has 2 heterocycles. The Labute approximate surface area is 185 Å². The van der Waals surface area contributed by atoms with Crippen LogP contribution in [0.15, 0.2) is 42.5 Å². The van der Waals surface area contributed by atoms with Crippen LogP contribution in [0.1, 0.15) is 28.4 Å². The largest absolute Gasteiger partial charge is 0.445 e. The first kappa shape index (κ1) is 21.2. The first-order valence-corrected chi connectivity index (χ1v) is 10.6. The Morgan fingerprint density at radius 2 is 1.74 bits per heavy atom. The Hall–Kier alpha value is -3.06. The number of carbonyl (C=O) groups is 3. The fraction of sp³-hybridized carbons (Fsp3) is 0.348. The van der Waals surface area contributed by atoms with Gasteiger partial charge in [0.05, 0.1) is 5.56 Å². The maximum absolute atomic E-state index is 13.2. The molecular weight excluding hydrogens is 418 g/mol. The molecule has 1 N–H and O–H groups in total. The van der Waals surface area contributed by atoms with Gasteiger partial charge in [0.2, 0.25) is 0 Å². The SMILES string of the molecule is Cc1ccc(NC(=O)N2CCN(C(=O)C3(C)Cc4ccccc4C(=O)O3)CC2)cc1Cl. The summed E-state index contributed by atoms with van der Waals surface area (Å²) in [6.45, 7) is 5.07. The van der Waals surface area contributed by atoms with E-state index in [1.807, 2.05) is 25.1 Å². The Morgan fingerprint density at radius 3 is 2.45 bits per heavy atom. The molecule has 0 spiro atoms. The maximum Gasteiger partial charge on any atom is 0.339 e. The molecule has 2 aromatic rings. The van der Waals surface area contributed by atoms with Crippen molar-refractivity contribution in [3.05, 3.63) is 64.2 Å². The molecule has 8 heteroatoms. The van der Waals surface area contributed by atoms with Crippen LogP contribution in [0.25, 0.3) is 0 Å². The fourth-order valence-electron chi connectivity index (χ4n) is 3.97. The lowest BCUT2D eigenvalue weighted by molar-refractivity contribution is -0.152. The summed E-state index contributed by atoms with van der Waals surface area (Å²) in [6, 6.07) is 12.3. The van der Waals surface area contributed by atoms with Crippen LogP contribution >= 0.6 is 11.6 Å². The zero-order valence-corrected chi connectivity index (χ0v) is 18.2. The number of benzene rings is 2. The van der Waals surface area contributed by atoms with E-state index in [2.05, 4.69) is 5.32 Å². The molecule has 1 unspecified atom stereocenters. The van der Waals surface area contributed by atoms with Crippen molar-refractivity contribution in [2.75, 3.05) is 31.5 Å². The normalized spacial score (nSPS) is 20.7. The minimum absolute atomic E-state index is 0.235. The smallest absolute Gasteiger partial charge is 0.339 e. The number of halogens is 1. The van der Waals surface area contributed by atoms with Crippen molar-refractivity contribution in [2.24, 2.45) is 0 Å². The molecule has 3 amide bonds. The third-order valence-corrected chi connectivity index (χ3v) is 6.22. The summed E-state index contributed by atoms with van der Waals surface area (Å²) in [4.78, 5) is 41.5. The highest BCUT2D eigenvalue weighted by Gasteiger charge is 2.45. The van der Waals surface area contributed by atoms with Crippen LogP contribution < -0.4 is 5.32 Å². The van der Waals surface area contributed by atoms with Crippen LogP contribution in [0.5, 0.6) is 0 Å². The number of aryl methyl sites for hydroxylation is 1. The van der Waals surface area contributed by atoms with Gasteiger partial charge in [-0.25, -0.2) is 9.59 Å². The summed E-state index contributed by atoms with van der Waals surface area (Å²) in [5.41, 5.74) is 1.63. The van der Waals surface area contributed by atoms with E-state index in [-0.39, 0.29) is 11.9 Å². The second kappa shape index (κ2) is 8.23. The summed E-state index contributed by atoms with van der Waals surface area (Å²) in [7, 11) is 0. The Kier molecular flexibility index (Phi) is 5.62. The lowest BCUT2D eigenvalue weighted by Gasteiger charge is -2.40. The van der Waals surface area contributed by atoms with Gasteiger partial charge in [-0.2, -0.15) is 0 Å². The first-order chi connectivity index (χ1) is 14.8. The quantitative estimate of drug-likeness (QED) is 0.723. The number of anilines is 1. The Morgan fingerprint density at radius 1 is 1.06 bits per heavy atom. The lowest BCUT2D eigenvalue weighted by Crippen LogP contribution is -2.58. The molecule has 0 radical (unpaired) electrons. The number of carbonyl (C=O) groups excluding carboxylic acids is 3. The molecular formula is C23H24ClN3O4. The molecule has 0 aromatic heterocycles. The number of fused-ring (bicyclic) bond motifs is 1. The van der Waals surface area contributed by atoms with Crippen LogP contribution in [0.4, 0.5) is 10.5 Å². The summed E-state index contributed by atoms with van der Waals surface area (Å²) in [5, 5.41) is 3.43. The highest BCUT2D eigenvalue weighted by Crippen LogP contribution is 2.30. The van der Waals surface area contributed by atoms with Crippen LogP contribution in [0.3, 0.4) is 0 Å². The number of esters is 1. The second-order valence-corrected chi connectivity index (χ2v) is 8.53. The first-order valence-electron chi connectivity index (χ1n) is 10.2. The van der Waals surface area contributed by atoms with E-state index in [0.29, 0.717) is 48.9 Å². The van der Waals surface area contributed by atoms with Gasteiger partial charge in [-0.15, -0.1) is 0 Å². The van der Waals surface area contributed by atoms with Gasteiger partial charge in [-0.1, -0.05) is 35.9 Å². The molecule has 31 heavy (non-hydrogen) atoms. The molecule has 1 fully saturated rings. The van der Waals surface area contributed by atoms with Crippen LogP contribution in [0.2, 0.25) is 5.02 Å². The number of cyclic esters (lactones) is 1. The van der Waals surface area contributed by atoms with Gasteiger partial charge in [0.25, 0.3) is 5.91 Å². The van der Waals surface area contributed by atoms with E-state index in [1.54, 1.807) is 41.0 Å². The number of nitrogens with one attached hydrogen (secondary N) is 1. The van der Waals surface area contributed by atoms with Crippen LogP contribution in [-0.2, 0) is 16.0 Å². The summed E-state index contributed by atoms with van der Waals surface area (Å²) in [6.07, 6.45) is 0.336. The van der Waals surface area contributed by atoms with Crippen molar-refractivity contribution in [2.45, 2.75) is 25.9 Å². The molecule has 4 rings (SSSR count). The standard InChI is InChI=1S/C23H24ClN3O4/c1-15-7-8-17(13-19(15)24)25-22(30)27-11-9-26(10-12-27)21(29)23(2)14-16-5-3-4-6-18(16)20(28)31-23/h3-8,13H,9-12,14H2,1-2H3,(H,25,30). The van der Waals surface area contributed by atoms with Gasteiger partial charge in [0.15, 0.2) is 5.60 Å². The van der Waals surface area contributed by atoms with E-state index >= 15 is 0 Å². The number of hydrogen-bond acceptors (Lipinski definition) is 4. The molecule has 7 nitrogen and oxygen atoms in total. The highest BCUT2D eigenvalue weighted by atomic mass is 35.5. The van der Waals surface area contributed by atoms with Gasteiger partial charge in [0, 0.05) is 43.3 Å². The number of rotatable bonds is 2. The number of amides is 3. The Balaban J connectivity index is 1.37. The van der Waals surface area contributed by atoms with Gasteiger partial charge in [0.1, 0.15) is 0 Å². The number of hydrogen-bond donors (Lipinski definition) is 1. The van der Waals surface area contributed by atoms with E-state index in [9.17, 15) is 14.4 Å². The van der Waals surface area contributed by atoms with Crippen molar-refractivity contribution >= 4 is 35.2 Å².